The molecule has 0 bridgehead atoms. The number of amides is 3. The molecule has 0 saturated heterocycles. The largest absolute Gasteiger partial charge is 0.321 e. The summed E-state index contributed by atoms with van der Waals surface area (Å²) >= 11 is 3.42. The number of benzene rings is 4. The Labute approximate surface area is 234 Å². The molecular weight excluding hydrogens is 556 g/mol. The van der Waals surface area contributed by atoms with Crippen LogP contribution >= 0.6 is 15.9 Å². The number of para-hydroxylation sites is 2. The summed E-state index contributed by atoms with van der Waals surface area (Å²) in [6.07, 6.45) is -1.28. The molecule has 0 aliphatic carbocycles. The van der Waals surface area contributed by atoms with E-state index in [2.05, 4.69) is 26.6 Å². The quantitative estimate of drug-likeness (QED) is 0.275. The topological polar surface area (TPSA) is 90.9 Å². The molecule has 1 aliphatic rings. The van der Waals surface area contributed by atoms with Gasteiger partial charge in [-0.3, -0.25) is 9.59 Å². The molecule has 5 rings (SSSR count). The van der Waals surface area contributed by atoms with Crippen molar-refractivity contribution in [1.29, 1.82) is 0 Å². The number of urea groups is 1. The molecule has 1 atom stereocenters. The Balaban J connectivity index is 1.55. The lowest BCUT2D eigenvalue weighted by molar-refractivity contribution is -0.120. The molecule has 0 aromatic heterocycles. The molecule has 3 amide bonds. The van der Waals surface area contributed by atoms with Crippen LogP contribution in [-0.2, 0) is 4.79 Å². The number of aryl methyl sites for hydroxylation is 1. The van der Waals surface area contributed by atoms with E-state index in [9.17, 15) is 14.4 Å². The van der Waals surface area contributed by atoms with Gasteiger partial charge in [0.2, 0.25) is 6.17 Å². The summed E-state index contributed by atoms with van der Waals surface area (Å²) < 4.78 is 0.693. The zero-order chi connectivity index (χ0) is 27.4. The van der Waals surface area contributed by atoms with E-state index in [0.717, 1.165) is 11.1 Å². The lowest BCUT2D eigenvalue weighted by Crippen LogP contribution is -2.50. The Morgan fingerprint density at radius 1 is 0.872 bits per heavy atom. The molecule has 0 saturated carbocycles. The molecule has 4 aromatic rings. The highest BCUT2D eigenvalue weighted by molar-refractivity contribution is 9.10. The third-order valence-corrected chi connectivity index (χ3v) is 7.08. The van der Waals surface area contributed by atoms with Gasteiger partial charge in [-0.15, -0.1) is 0 Å². The van der Waals surface area contributed by atoms with E-state index in [0.29, 0.717) is 32.7 Å². The van der Waals surface area contributed by atoms with Gasteiger partial charge in [0, 0.05) is 21.2 Å². The van der Waals surface area contributed by atoms with E-state index in [-0.39, 0.29) is 12.3 Å². The van der Waals surface area contributed by atoms with Gasteiger partial charge in [-0.05, 0) is 46.6 Å². The second kappa shape index (κ2) is 11.4. The lowest BCUT2D eigenvalue weighted by atomic mass is 9.99. The smallest absolute Gasteiger partial charge is 0.308 e. The minimum Gasteiger partial charge on any atom is -0.308 e. The number of benzodiazepines with no additional fused rings is 1. The average molecular weight is 581 g/mol. The highest BCUT2D eigenvalue weighted by Crippen LogP contribution is 2.29. The van der Waals surface area contributed by atoms with Crippen molar-refractivity contribution in [3.8, 4) is 0 Å². The predicted octanol–water partition coefficient (Wildman–Crippen LogP) is 5.97. The second-order valence-corrected chi connectivity index (χ2v) is 9.86. The van der Waals surface area contributed by atoms with Gasteiger partial charge in [0.25, 0.3) is 5.91 Å². The first kappa shape index (κ1) is 26.1. The second-order valence-electron chi connectivity index (χ2n) is 9.00. The van der Waals surface area contributed by atoms with Crippen molar-refractivity contribution in [1.82, 2.24) is 5.32 Å². The molecule has 0 unspecified atom stereocenters. The zero-order valence-corrected chi connectivity index (χ0v) is 22.7. The highest BCUT2D eigenvalue weighted by atomic mass is 79.9. The highest BCUT2D eigenvalue weighted by Gasteiger charge is 2.34. The molecule has 39 heavy (non-hydrogen) atoms. The van der Waals surface area contributed by atoms with Crippen LogP contribution in [0.2, 0.25) is 0 Å². The zero-order valence-electron chi connectivity index (χ0n) is 21.1. The van der Waals surface area contributed by atoms with Crippen LogP contribution in [0.4, 0.5) is 16.2 Å². The lowest BCUT2D eigenvalue weighted by Gasteiger charge is -2.25. The summed E-state index contributed by atoms with van der Waals surface area (Å²) in [5.41, 5.74) is 4.44. The molecule has 1 aliphatic heterocycles. The van der Waals surface area contributed by atoms with Crippen LogP contribution in [0.25, 0.3) is 0 Å². The number of halogens is 1. The van der Waals surface area contributed by atoms with Gasteiger partial charge >= 0.3 is 6.03 Å². The number of carbonyl (C=O) groups excluding carboxylic acids is 3. The van der Waals surface area contributed by atoms with Crippen molar-refractivity contribution >= 4 is 50.7 Å². The molecule has 4 aromatic carbocycles. The van der Waals surface area contributed by atoms with Crippen molar-refractivity contribution in [3.63, 3.8) is 0 Å². The number of nitrogens with zero attached hydrogens (tertiary/aromatic N) is 2. The van der Waals surface area contributed by atoms with Crippen molar-refractivity contribution in [2.75, 3.05) is 16.8 Å². The number of anilines is 2. The first-order valence-electron chi connectivity index (χ1n) is 12.4. The Morgan fingerprint density at radius 3 is 2.31 bits per heavy atom. The van der Waals surface area contributed by atoms with E-state index in [1.54, 1.807) is 36.4 Å². The number of ketones is 1. The van der Waals surface area contributed by atoms with Gasteiger partial charge in [-0.25, -0.2) is 9.79 Å². The van der Waals surface area contributed by atoms with E-state index >= 15 is 0 Å². The standard InChI is InChI=1S/C31H25BrN4O3/c1-20-11-5-6-14-22(20)27(37)19-36-26-18-10-7-15-23(26)28(21-12-3-2-4-13-21)34-29(30(36)38)35-31(39)33-25-17-9-8-16-24(25)32/h2-18,29H,19H2,1H3,(H2,33,35,39)/t29-/m1/s1. The number of aliphatic imine (C=N–C) groups is 1. The number of rotatable bonds is 6. The van der Waals surface area contributed by atoms with Gasteiger partial charge < -0.3 is 15.5 Å². The fourth-order valence-electron chi connectivity index (χ4n) is 4.47. The maximum Gasteiger partial charge on any atom is 0.321 e. The molecule has 0 radical (unpaired) electrons. The number of Topliss-reactive ketones (excluding diaryl/α,β-unsaturated/α-hetero) is 1. The molecule has 194 valence electrons. The summed E-state index contributed by atoms with van der Waals surface area (Å²) in [6.45, 7) is 1.65. The molecule has 0 spiro atoms. The molecule has 1 heterocycles. The number of carbonyl (C=O) groups is 3. The Kier molecular flexibility index (Phi) is 7.65. The van der Waals surface area contributed by atoms with Gasteiger partial charge in [0.05, 0.1) is 23.6 Å². The molecule has 2 N–H and O–H groups in total. The first-order valence-corrected chi connectivity index (χ1v) is 13.2. The Morgan fingerprint density at radius 2 is 1.54 bits per heavy atom. The molecule has 0 fully saturated rings. The third-order valence-electron chi connectivity index (χ3n) is 6.39. The average Bonchev–Trinajstić information content (AvgIpc) is 3.06. The summed E-state index contributed by atoms with van der Waals surface area (Å²) in [5, 5.41) is 5.47. The molecular formula is C31H25BrN4O3. The normalized spacial score (nSPS) is 14.6. The van der Waals surface area contributed by atoms with E-state index < -0.39 is 18.1 Å². The van der Waals surface area contributed by atoms with Crippen molar-refractivity contribution in [2.24, 2.45) is 4.99 Å². The molecule has 7 nitrogen and oxygen atoms in total. The first-order chi connectivity index (χ1) is 18.9. The van der Waals surface area contributed by atoms with Crippen LogP contribution in [0.15, 0.2) is 113 Å². The van der Waals surface area contributed by atoms with Gasteiger partial charge in [-0.2, -0.15) is 0 Å². The van der Waals surface area contributed by atoms with Crippen LogP contribution in [0.1, 0.15) is 27.0 Å². The number of nitrogens with one attached hydrogen (secondary N) is 2. The van der Waals surface area contributed by atoms with Crippen LogP contribution in [0, 0.1) is 6.92 Å². The summed E-state index contributed by atoms with van der Waals surface area (Å²) in [5.74, 6) is -0.728. The van der Waals surface area contributed by atoms with Crippen LogP contribution in [-0.4, -0.2) is 36.1 Å². The predicted molar refractivity (Wildman–Crippen MR) is 156 cm³/mol. The maximum absolute atomic E-state index is 14.0. The van der Waals surface area contributed by atoms with Crippen molar-refractivity contribution < 1.29 is 14.4 Å². The van der Waals surface area contributed by atoms with E-state index in [1.807, 2.05) is 73.7 Å². The fraction of sp³-hybridized carbons (Fsp3) is 0.0968. The fourth-order valence-corrected chi connectivity index (χ4v) is 4.86. The number of hydrogen-bond acceptors (Lipinski definition) is 4. The minimum absolute atomic E-state index is 0.206. The van der Waals surface area contributed by atoms with Gasteiger partial charge in [0.15, 0.2) is 5.78 Å². The van der Waals surface area contributed by atoms with Crippen LogP contribution < -0.4 is 15.5 Å². The maximum atomic E-state index is 14.0. The van der Waals surface area contributed by atoms with Crippen molar-refractivity contribution in [2.45, 2.75) is 13.1 Å². The van der Waals surface area contributed by atoms with Crippen molar-refractivity contribution in [3.05, 3.63) is 130 Å². The van der Waals surface area contributed by atoms with Crippen LogP contribution in [0.3, 0.4) is 0 Å². The summed E-state index contributed by atoms with van der Waals surface area (Å²) in [6, 6.07) is 30.6. The monoisotopic (exact) mass is 580 g/mol. The van der Waals surface area contributed by atoms with Crippen LogP contribution in [0.5, 0.6) is 0 Å². The van der Waals surface area contributed by atoms with Gasteiger partial charge in [0.1, 0.15) is 0 Å². The SMILES string of the molecule is Cc1ccccc1C(=O)CN1C(=O)[C@@H](NC(=O)Nc2ccccc2Br)N=C(c2ccccc2)c2ccccc21. The Hall–Kier alpha value is -4.56. The number of hydrogen-bond donors (Lipinski definition) is 2. The minimum atomic E-state index is -1.28. The van der Waals surface area contributed by atoms with E-state index in [1.165, 1.54) is 4.90 Å². The Bertz CT molecular complexity index is 1590. The summed E-state index contributed by atoms with van der Waals surface area (Å²) in [4.78, 5) is 46.6. The third kappa shape index (κ3) is 5.66. The molecule has 8 heteroatoms. The summed E-state index contributed by atoms with van der Waals surface area (Å²) in [7, 11) is 0. The van der Waals surface area contributed by atoms with E-state index in [4.69, 9.17) is 4.99 Å². The number of fused-ring (bicyclic) bond motifs is 1. The van der Waals surface area contributed by atoms with Gasteiger partial charge in [-0.1, -0.05) is 84.9 Å².